The minimum Gasteiger partial charge on any atom is -0.497 e. The third kappa shape index (κ3) is 2.51. The highest BCUT2D eigenvalue weighted by atomic mass is 79.9. The Labute approximate surface area is 148 Å². The summed E-state index contributed by atoms with van der Waals surface area (Å²) in [6.45, 7) is 0. The van der Waals surface area contributed by atoms with Crippen molar-refractivity contribution >= 4 is 21.7 Å². The number of halogens is 1. The number of aromatic nitrogens is 3. The minimum absolute atomic E-state index is 0.857. The number of imidazole rings is 2. The Balaban J connectivity index is 1.76. The lowest BCUT2D eigenvalue weighted by Crippen LogP contribution is -1.93. The standard InChI is InChI=1S/C19H16BrN3O/c1-22-18(14-5-9-16(24-2)10-6-14)12-23-11-17(21-19(22)23)13-3-7-15(20)8-4-13/h3-12H,1-2H3. The van der Waals surface area contributed by atoms with E-state index in [0.717, 1.165) is 38.5 Å². The van der Waals surface area contributed by atoms with Gasteiger partial charge in [-0.1, -0.05) is 28.1 Å². The number of fused-ring (bicyclic) bond motifs is 1. The summed E-state index contributed by atoms with van der Waals surface area (Å²) in [5, 5.41) is 0. The Hall–Kier alpha value is -2.53. The van der Waals surface area contributed by atoms with Crippen LogP contribution in [0.3, 0.4) is 0 Å². The van der Waals surface area contributed by atoms with E-state index in [-0.39, 0.29) is 0 Å². The molecule has 2 aromatic carbocycles. The number of benzene rings is 2. The van der Waals surface area contributed by atoms with E-state index in [0.29, 0.717) is 0 Å². The van der Waals surface area contributed by atoms with Crippen LogP contribution in [-0.4, -0.2) is 21.1 Å². The van der Waals surface area contributed by atoms with E-state index in [2.05, 4.69) is 61.6 Å². The molecule has 2 aromatic heterocycles. The maximum atomic E-state index is 5.22. The second kappa shape index (κ2) is 5.83. The molecule has 0 bridgehead atoms. The van der Waals surface area contributed by atoms with Crippen LogP contribution in [0.4, 0.5) is 0 Å². The van der Waals surface area contributed by atoms with Crippen LogP contribution < -0.4 is 4.74 Å². The molecule has 0 aliphatic rings. The van der Waals surface area contributed by atoms with Crippen molar-refractivity contribution in [3.05, 3.63) is 65.4 Å². The Kier molecular flexibility index (Phi) is 3.65. The van der Waals surface area contributed by atoms with Gasteiger partial charge >= 0.3 is 0 Å². The van der Waals surface area contributed by atoms with Gasteiger partial charge in [0, 0.05) is 29.5 Å². The maximum Gasteiger partial charge on any atom is 0.214 e. The number of methoxy groups -OCH3 is 1. The normalized spacial score (nSPS) is 11.1. The van der Waals surface area contributed by atoms with Gasteiger partial charge in [-0.25, -0.2) is 4.98 Å². The van der Waals surface area contributed by atoms with E-state index in [9.17, 15) is 0 Å². The highest BCUT2D eigenvalue weighted by molar-refractivity contribution is 9.10. The molecule has 0 atom stereocenters. The highest BCUT2D eigenvalue weighted by Crippen LogP contribution is 2.27. The molecule has 4 nitrogen and oxygen atoms in total. The molecule has 4 rings (SSSR count). The molecule has 0 N–H and O–H groups in total. The van der Waals surface area contributed by atoms with Crippen molar-refractivity contribution in [2.24, 2.45) is 7.05 Å². The summed E-state index contributed by atoms with van der Waals surface area (Å²) < 4.78 is 10.5. The van der Waals surface area contributed by atoms with Gasteiger partial charge in [-0.15, -0.1) is 0 Å². The largest absolute Gasteiger partial charge is 0.497 e. The first kappa shape index (κ1) is 15.0. The van der Waals surface area contributed by atoms with Crippen molar-refractivity contribution in [1.29, 1.82) is 0 Å². The van der Waals surface area contributed by atoms with Gasteiger partial charge in [0.1, 0.15) is 5.75 Å². The van der Waals surface area contributed by atoms with E-state index in [1.54, 1.807) is 7.11 Å². The second-order valence-corrected chi connectivity index (χ2v) is 6.56. The van der Waals surface area contributed by atoms with Crippen LogP contribution in [0.1, 0.15) is 0 Å². The van der Waals surface area contributed by atoms with E-state index in [4.69, 9.17) is 9.72 Å². The molecule has 0 unspecified atom stereocenters. The van der Waals surface area contributed by atoms with E-state index in [1.165, 1.54) is 0 Å². The first-order valence-electron chi connectivity index (χ1n) is 7.60. The zero-order valence-electron chi connectivity index (χ0n) is 13.4. The molecule has 5 heteroatoms. The predicted molar refractivity (Wildman–Crippen MR) is 99.3 cm³/mol. The summed E-state index contributed by atoms with van der Waals surface area (Å²) >= 11 is 3.46. The lowest BCUT2D eigenvalue weighted by Gasteiger charge is -2.04. The van der Waals surface area contributed by atoms with Crippen LogP contribution in [0.5, 0.6) is 5.75 Å². The third-order valence-corrected chi connectivity index (χ3v) is 4.69. The molecule has 0 aliphatic carbocycles. The van der Waals surface area contributed by atoms with Crippen molar-refractivity contribution in [2.45, 2.75) is 0 Å². The van der Waals surface area contributed by atoms with Crippen LogP contribution >= 0.6 is 15.9 Å². The molecule has 24 heavy (non-hydrogen) atoms. The molecule has 4 aromatic rings. The van der Waals surface area contributed by atoms with E-state index < -0.39 is 0 Å². The third-order valence-electron chi connectivity index (χ3n) is 4.16. The predicted octanol–water partition coefficient (Wildman–Crippen LogP) is 4.78. The average molecular weight is 382 g/mol. The van der Waals surface area contributed by atoms with Gasteiger partial charge < -0.3 is 9.30 Å². The van der Waals surface area contributed by atoms with Crippen LogP contribution in [-0.2, 0) is 7.05 Å². The van der Waals surface area contributed by atoms with Gasteiger partial charge in [-0.3, -0.25) is 4.40 Å². The van der Waals surface area contributed by atoms with Crippen molar-refractivity contribution in [1.82, 2.24) is 14.0 Å². The second-order valence-electron chi connectivity index (χ2n) is 5.64. The van der Waals surface area contributed by atoms with Crippen molar-refractivity contribution in [2.75, 3.05) is 7.11 Å². The number of hydrogen-bond donors (Lipinski definition) is 0. The highest BCUT2D eigenvalue weighted by Gasteiger charge is 2.12. The van der Waals surface area contributed by atoms with Crippen molar-refractivity contribution < 1.29 is 4.74 Å². The maximum absolute atomic E-state index is 5.22. The van der Waals surface area contributed by atoms with Gasteiger partial charge in [0.2, 0.25) is 5.78 Å². The Morgan fingerprint density at radius 3 is 2.21 bits per heavy atom. The van der Waals surface area contributed by atoms with Crippen LogP contribution in [0.25, 0.3) is 28.3 Å². The number of hydrogen-bond acceptors (Lipinski definition) is 2. The molecule has 0 fully saturated rings. The topological polar surface area (TPSA) is 31.5 Å². The molecule has 0 saturated carbocycles. The number of nitrogens with zero attached hydrogens (tertiary/aromatic N) is 3. The Bertz CT molecular complexity index is 998. The molecule has 0 amide bonds. The van der Waals surface area contributed by atoms with Gasteiger partial charge in [0.05, 0.1) is 18.5 Å². The Morgan fingerprint density at radius 2 is 1.58 bits per heavy atom. The lowest BCUT2D eigenvalue weighted by molar-refractivity contribution is 0.415. The molecule has 0 spiro atoms. The molecular formula is C19H16BrN3O. The van der Waals surface area contributed by atoms with Gasteiger partial charge in [0.15, 0.2) is 0 Å². The van der Waals surface area contributed by atoms with E-state index in [1.807, 2.05) is 31.3 Å². The summed E-state index contributed by atoms with van der Waals surface area (Å²) in [6.07, 6.45) is 4.16. The fourth-order valence-corrected chi connectivity index (χ4v) is 3.11. The minimum atomic E-state index is 0.857. The Morgan fingerprint density at radius 1 is 0.917 bits per heavy atom. The zero-order chi connectivity index (χ0) is 16.7. The van der Waals surface area contributed by atoms with Crippen molar-refractivity contribution in [3.8, 4) is 28.3 Å². The molecule has 120 valence electrons. The molecule has 0 aliphatic heterocycles. The summed E-state index contributed by atoms with van der Waals surface area (Å²) in [7, 11) is 3.71. The van der Waals surface area contributed by atoms with E-state index >= 15 is 0 Å². The lowest BCUT2D eigenvalue weighted by atomic mass is 10.1. The quantitative estimate of drug-likeness (QED) is 0.511. The number of ether oxygens (including phenoxy) is 1. The summed E-state index contributed by atoms with van der Waals surface area (Å²) in [6, 6.07) is 16.2. The summed E-state index contributed by atoms with van der Waals surface area (Å²) in [4.78, 5) is 4.78. The summed E-state index contributed by atoms with van der Waals surface area (Å²) in [5.74, 6) is 1.77. The molecular weight excluding hydrogens is 366 g/mol. The van der Waals surface area contributed by atoms with Gasteiger partial charge in [0.25, 0.3) is 0 Å². The average Bonchev–Trinajstić information content (AvgIpc) is 3.15. The van der Waals surface area contributed by atoms with Crippen LogP contribution in [0.2, 0.25) is 0 Å². The van der Waals surface area contributed by atoms with Crippen LogP contribution in [0.15, 0.2) is 65.4 Å². The number of aryl methyl sites for hydroxylation is 1. The fraction of sp³-hybridized carbons (Fsp3) is 0.105. The number of rotatable bonds is 3. The first-order chi connectivity index (χ1) is 11.7. The smallest absolute Gasteiger partial charge is 0.214 e. The SMILES string of the molecule is COc1ccc(-c2cn3cc(-c4ccc(Br)cc4)nc3n2C)cc1. The zero-order valence-corrected chi connectivity index (χ0v) is 15.0. The molecule has 2 heterocycles. The first-order valence-corrected chi connectivity index (χ1v) is 8.40. The monoisotopic (exact) mass is 381 g/mol. The molecule has 0 radical (unpaired) electrons. The summed E-state index contributed by atoms with van der Waals surface area (Å²) in [5.41, 5.74) is 4.32. The van der Waals surface area contributed by atoms with Crippen LogP contribution in [0, 0.1) is 0 Å². The molecule has 0 saturated heterocycles. The van der Waals surface area contributed by atoms with Crippen molar-refractivity contribution in [3.63, 3.8) is 0 Å². The van der Waals surface area contributed by atoms with Gasteiger partial charge in [-0.05, 0) is 42.0 Å². The fourth-order valence-electron chi connectivity index (χ4n) is 2.84. The van der Waals surface area contributed by atoms with Gasteiger partial charge in [-0.2, -0.15) is 0 Å².